The van der Waals surface area contributed by atoms with Gasteiger partial charge < -0.3 is 4.90 Å². The van der Waals surface area contributed by atoms with E-state index in [0.29, 0.717) is 17.1 Å². The molecule has 3 nitrogen and oxygen atoms in total. The van der Waals surface area contributed by atoms with Crippen molar-refractivity contribution in [1.82, 2.24) is 9.97 Å². The van der Waals surface area contributed by atoms with Gasteiger partial charge in [-0.05, 0) is 19.8 Å². The smallest absolute Gasteiger partial charge is 0.135 e. The molecule has 1 saturated carbocycles. The summed E-state index contributed by atoms with van der Waals surface area (Å²) in [5.74, 6) is 2.15. The van der Waals surface area contributed by atoms with Crippen LogP contribution in [0.3, 0.4) is 0 Å². The van der Waals surface area contributed by atoms with Gasteiger partial charge in [0.1, 0.15) is 16.8 Å². The number of rotatable bonds is 4. The molecule has 1 aliphatic rings. The highest BCUT2D eigenvalue weighted by atomic mass is 35.5. The molecule has 2 rings (SSSR count). The Kier molecular flexibility index (Phi) is 5.03. The van der Waals surface area contributed by atoms with Crippen LogP contribution < -0.4 is 4.90 Å². The van der Waals surface area contributed by atoms with Crippen LogP contribution in [0.2, 0.25) is 5.15 Å². The number of aromatic nitrogens is 2. The second kappa shape index (κ2) is 6.56. The van der Waals surface area contributed by atoms with E-state index in [1.807, 2.05) is 6.07 Å². The summed E-state index contributed by atoms with van der Waals surface area (Å²) in [5, 5.41) is 0.558. The van der Waals surface area contributed by atoms with Gasteiger partial charge in [-0.1, -0.05) is 44.7 Å². The quantitative estimate of drug-likeness (QED) is 0.766. The molecule has 1 fully saturated rings. The van der Waals surface area contributed by atoms with Crippen LogP contribution in [-0.2, 0) is 0 Å². The van der Waals surface area contributed by atoms with Crippen LogP contribution in [0.15, 0.2) is 6.07 Å². The van der Waals surface area contributed by atoms with E-state index in [1.54, 1.807) is 0 Å². The van der Waals surface area contributed by atoms with Crippen molar-refractivity contribution in [3.63, 3.8) is 0 Å². The van der Waals surface area contributed by atoms with Crippen LogP contribution in [0.4, 0.5) is 5.82 Å². The van der Waals surface area contributed by atoms with Gasteiger partial charge in [-0.15, -0.1) is 0 Å². The fourth-order valence-electron chi connectivity index (χ4n) is 2.83. The summed E-state index contributed by atoms with van der Waals surface area (Å²) in [5.41, 5.74) is 0. The van der Waals surface area contributed by atoms with Gasteiger partial charge in [-0.2, -0.15) is 0 Å². The first-order valence-corrected chi connectivity index (χ1v) is 7.80. The zero-order valence-corrected chi connectivity index (χ0v) is 13.0. The Balaban J connectivity index is 2.26. The molecule has 0 aliphatic heterocycles. The van der Waals surface area contributed by atoms with Crippen LogP contribution in [0.5, 0.6) is 0 Å². The zero-order chi connectivity index (χ0) is 13.8. The fourth-order valence-corrected chi connectivity index (χ4v) is 3.01. The number of halogens is 1. The lowest BCUT2D eigenvalue weighted by Gasteiger charge is -2.34. The van der Waals surface area contributed by atoms with Crippen molar-refractivity contribution in [3.8, 4) is 0 Å². The lowest BCUT2D eigenvalue weighted by molar-refractivity contribution is 0.416. The molecule has 1 aliphatic carbocycles. The Labute approximate surface area is 121 Å². The third kappa shape index (κ3) is 3.59. The Morgan fingerprint density at radius 3 is 2.53 bits per heavy atom. The third-order valence-corrected chi connectivity index (χ3v) is 4.06. The molecule has 1 aromatic rings. The molecule has 4 heteroatoms. The SMILES string of the molecule is CCN(c1cc(Cl)nc(C(C)C)n1)C1CCCCC1. The highest BCUT2D eigenvalue weighted by Crippen LogP contribution is 2.28. The van der Waals surface area contributed by atoms with Crippen LogP contribution in [-0.4, -0.2) is 22.6 Å². The van der Waals surface area contributed by atoms with Crippen molar-refractivity contribution in [2.45, 2.75) is 64.8 Å². The first-order chi connectivity index (χ1) is 9.11. The molecule has 0 saturated heterocycles. The predicted octanol–water partition coefficient (Wildman–Crippen LogP) is 4.41. The summed E-state index contributed by atoms with van der Waals surface area (Å²) in [6, 6.07) is 2.52. The Bertz CT molecular complexity index is 414. The summed E-state index contributed by atoms with van der Waals surface area (Å²) in [4.78, 5) is 11.4. The summed E-state index contributed by atoms with van der Waals surface area (Å²) in [6.45, 7) is 7.38. The standard InChI is InChI=1S/C15H24ClN3/c1-4-19(12-8-6-5-7-9-12)14-10-13(16)17-15(18-14)11(2)3/h10-12H,4-9H2,1-3H3. The maximum Gasteiger partial charge on any atom is 0.135 e. The van der Waals surface area contributed by atoms with Crippen LogP contribution >= 0.6 is 11.6 Å². The predicted molar refractivity (Wildman–Crippen MR) is 81.0 cm³/mol. The summed E-state index contributed by atoms with van der Waals surface area (Å²) < 4.78 is 0. The molecule has 0 unspecified atom stereocenters. The molecule has 0 amide bonds. The Morgan fingerprint density at radius 1 is 1.26 bits per heavy atom. The van der Waals surface area contributed by atoms with Crippen molar-refractivity contribution in [2.24, 2.45) is 0 Å². The van der Waals surface area contributed by atoms with Gasteiger partial charge in [0.25, 0.3) is 0 Å². The summed E-state index contributed by atoms with van der Waals surface area (Å²) >= 11 is 6.16. The zero-order valence-electron chi connectivity index (χ0n) is 12.2. The Morgan fingerprint density at radius 2 is 1.95 bits per heavy atom. The maximum absolute atomic E-state index is 6.16. The van der Waals surface area contributed by atoms with E-state index in [0.717, 1.165) is 18.2 Å². The third-order valence-electron chi connectivity index (χ3n) is 3.87. The second-order valence-corrected chi connectivity index (χ2v) is 6.03. The molecule has 19 heavy (non-hydrogen) atoms. The first kappa shape index (κ1) is 14.6. The lowest BCUT2D eigenvalue weighted by Crippen LogP contribution is -2.37. The molecule has 0 bridgehead atoms. The van der Waals surface area contributed by atoms with E-state index in [4.69, 9.17) is 16.6 Å². The molecule has 0 spiro atoms. The summed E-state index contributed by atoms with van der Waals surface area (Å²) in [7, 11) is 0. The lowest BCUT2D eigenvalue weighted by atomic mass is 9.94. The van der Waals surface area contributed by atoms with Gasteiger partial charge in [0, 0.05) is 24.6 Å². The van der Waals surface area contributed by atoms with E-state index >= 15 is 0 Å². The molecule has 1 heterocycles. The normalized spacial score (nSPS) is 16.9. The number of anilines is 1. The second-order valence-electron chi connectivity index (χ2n) is 5.64. The average molecular weight is 282 g/mol. The van der Waals surface area contributed by atoms with Crippen molar-refractivity contribution in [2.75, 3.05) is 11.4 Å². The van der Waals surface area contributed by atoms with Crippen LogP contribution in [0.25, 0.3) is 0 Å². The minimum Gasteiger partial charge on any atom is -0.354 e. The molecule has 0 atom stereocenters. The molecule has 106 valence electrons. The topological polar surface area (TPSA) is 29.0 Å². The van der Waals surface area contributed by atoms with Gasteiger partial charge in [0.15, 0.2) is 0 Å². The highest BCUT2D eigenvalue weighted by Gasteiger charge is 2.22. The molecule has 1 aromatic heterocycles. The largest absolute Gasteiger partial charge is 0.354 e. The molecule has 0 radical (unpaired) electrons. The highest BCUT2D eigenvalue weighted by molar-refractivity contribution is 6.29. The van der Waals surface area contributed by atoms with E-state index in [2.05, 4.69) is 30.7 Å². The molecular weight excluding hydrogens is 258 g/mol. The first-order valence-electron chi connectivity index (χ1n) is 7.43. The van der Waals surface area contributed by atoms with E-state index < -0.39 is 0 Å². The van der Waals surface area contributed by atoms with Crippen molar-refractivity contribution >= 4 is 17.4 Å². The van der Waals surface area contributed by atoms with Gasteiger partial charge in [0.05, 0.1) is 0 Å². The number of hydrogen-bond donors (Lipinski definition) is 0. The van der Waals surface area contributed by atoms with Gasteiger partial charge in [0.2, 0.25) is 0 Å². The van der Waals surface area contributed by atoms with E-state index in [1.165, 1.54) is 32.1 Å². The summed E-state index contributed by atoms with van der Waals surface area (Å²) in [6.07, 6.45) is 6.57. The monoisotopic (exact) mass is 281 g/mol. The minimum absolute atomic E-state index is 0.308. The number of hydrogen-bond acceptors (Lipinski definition) is 3. The molecule has 0 aromatic carbocycles. The minimum atomic E-state index is 0.308. The van der Waals surface area contributed by atoms with E-state index in [9.17, 15) is 0 Å². The van der Waals surface area contributed by atoms with E-state index in [-0.39, 0.29) is 0 Å². The fraction of sp³-hybridized carbons (Fsp3) is 0.733. The van der Waals surface area contributed by atoms with Crippen molar-refractivity contribution in [3.05, 3.63) is 17.0 Å². The van der Waals surface area contributed by atoms with Crippen LogP contribution in [0, 0.1) is 0 Å². The average Bonchev–Trinajstić information content (AvgIpc) is 2.40. The maximum atomic E-state index is 6.16. The van der Waals surface area contributed by atoms with Crippen LogP contribution in [0.1, 0.15) is 64.6 Å². The molecule has 0 N–H and O–H groups in total. The van der Waals surface area contributed by atoms with Gasteiger partial charge in [-0.25, -0.2) is 9.97 Å². The van der Waals surface area contributed by atoms with Gasteiger partial charge in [-0.3, -0.25) is 0 Å². The van der Waals surface area contributed by atoms with Crippen molar-refractivity contribution < 1.29 is 0 Å². The number of nitrogens with zero attached hydrogens (tertiary/aromatic N) is 3. The molecular formula is C15H24ClN3. The van der Waals surface area contributed by atoms with Crippen molar-refractivity contribution in [1.29, 1.82) is 0 Å². The van der Waals surface area contributed by atoms with Gasteiger partial charge >= 0.3 is 0 Å². The Hall–Kier alpha value is -0.830.